The molecule has 0 aliphatic rings. The molecule has 1 heterocycles. The summed E-state index contributed by atoms with van der Waals surface area (Å²) in [7, 11) is 0. The molecule has 0 fully saturated rings. The van der Waals surface area contributed by atoms with Gasteiger partial charge in [0.2, 0.25) is 0 Å². The Morgan fingerprint density at radius 3 is 2.92 bits per heavy atom. The summed E-state index contributed by atoms with van der Waals surface area (Å²) in [5.41, 5.74) is 2.52. The maximum atomic E-state index is 12.0. The van der Waals surface area contributed by atoms with Crippen LogP contribution in [0.2, 0.25) is 0 Å². The second-order valence-corrected chi connectivity index (χ2v) is 5.91. The van der Waals surface area contributed by atoms with Gasteiger partial charge in [-0.05, 0) is 53.2 Å². The Morgan fingerprint density at radius 2 is 2.17 bits per heavy atom. The monoisotopic (exact) mass is 387 g/mol. The first-order valence-corrected chi connectivity index (χ1v) is 7.93. The van der Waals surface area contributed by atoms with E-state index in [4.69, 9.17) is 4.74 Å². The molecule has 24 heavy (non-hydrogen) atoms. The molecule has 0 aliphatic carbocycles. The second kappa shape index (κ2) is 7.22. The van der Waals surface area contributed by atoms with E-state index in [2.05, 4.69) is 36.8 Å². The van der Waals surface area contributed by atoms with E-state index in [1.165, 1.54) is 11.0 Å². The lowest BCUT2D eigenvalue weighted by molar-refractivity contribution is -0.118. The lowest BCUT2D eigenvalue weighted by atomic mass is 10.2. The zero-order valence-electron chi connectivity index (χ0n) is 12.8. The van der Waals surface area contributed by atoms with Crippen molar-refractivity contribution in [3.63, 3.8) is 0 Å². The average molecular weight is 388 g/mol. The fraction of sp³-hybridized carbons (Fsp3) is 0.125. The van der Waals surface area contributed by atoms with Gasteiger partial charge >= 0.3 is 0 Å². The van der Waals surface area contributed by atoms with E-state index in [0.717, 1.165) is 21.4 Å². The van der Waals surface area contributed by atoms with Crippen molar-refractivity contribution in [3.8, 4) is 11.4 Å². The van der Waals surface area contributed by atoms with E-state index in [9.17, 15) is 4.79 Å². The van der Waals surface area contributed by atoms with Gasteiger partial charge in [-0.15, -0.1) is 5.10 Å². The summed E-state index contributed by atoms with van der Waals surface area (Å²) >= 11 is 3.43. The highest BCUT2D eigenvalue weighted by atomic mass is 79.9. The van der Waals surface area contributed by atoms with Crippen LogP contribution in [0.4, 0.5) is 5.69 Å². The van der Waals surface area contributed by atoms with Crippen molar-refractivity contribution in [2.75, 3.05) is 11.9 Å². The number of hydrogen-bond donors (Lipinski definition) is 1. The van der Waals surface area contributed by atoms with Crippen molar-refractivity contribution in [2.24, 2.45) is 0 Å². The number of benzene rings is 2. The third-order valence-electron chi connectivity index (χ3n) is 3.24. The minimum Gasteiger partial charge on any atom is -0.484 e. The van der Waals surface area contributed by atoms with Gasteiger partial charge in [-0.1, -0.05) is 22.0 Å². The molecule has 7 nitrogen and oxygen atoms in total. The minimum atomic E-state index is -0.232. The topological polar surface area (TPSA) is 81.9 Å². The largest absolute Gasteiger partial charge is 0.484 e. The number of rotatable bonds is 5. The predicted molar refractivity (Wildman–Crippen MR) is 92.2 cm³/mol. The molecule has 3 rings (SSSR count). The summed E-state index contributed by atoms with van der Waals surface area (Å²) in [6.45, 7) is 1.87. The summed E-state index contributed by atoms with van der Waals surface area (Å²) in [4.78, 5) is 12.0. The maximum Gasteiger partial charge on any atom is 0.262 e. The van der Waals surface area contributed by atoms with E-state index >= 15 is 0 Å². The van der Waals surface area contributed by atoms with Gasteiger partial charge in [0.1, 0.15) is 12.1 Å². The number of anilines is 1. The van der Waals surface area contributed by atoms with Crippen LogP contribution < -0.4 is 10.1 Å². The zero-order valence-corrected chi connectivity index (χ0v) is 14.4. The fourth-order valence-corrected chi connectivity index (χ4v) is 2.31. The average Bonchev–Trinajstić information content (AvgIpc) is 3.11. The first-order chi connectivity index (χ1) is 11.6. The third kappa shape index (κ3) is 3.96. The second-order valence-electron chi connectivity index (χ2n) is 5.05. The van der Waals surface area contributed by atoms with Crippen LogP contribution in [-0.2, 0) is 4.79 Å². The van der Waals surface area contributed by atoms with E-state index in [-0.39, 0.29) is 12.5 Å². The Bertz CT molecular complexity index is 851. The first kappa shape index (κ1) is 16.1. The van der Waals surface area contributed by atoms with Crippen molar-refractivity contribution in [1.82, 2.24) is 20.2 Å². The number of carbonyl (C=O) groups is 1. The van der Waals surface area contributed by atoms with Crippen LogP contribution in [0.1, 0.15) is 5.56 Å². The molecular formula is C16H14BrN5O2. The number of aryl methyl sites for hydroxylation is 1. The number of amides is 1. The Morgan fingerprint density at radius 1 is 1.29 bits per heavy atom. The molecule has 1 N–H and O–H groups in total. The SMILES string of the molecule is Cc1cc(NC(=O)COc2cccc(-n3cnnn3)c2)ccc1Br. The van der Waals surface area contributed by atoms with Gasteiger partial charge in [0.15, 0.2) is 6.61 Å². The van der Waals surface area contributed by atoms with Gasteiger partial charge in [0.05, 0.1) is 5.69 Å². The Hall–Kier alpha value is -2.74. The van der Waals surface area contributed by atoms with Crippen molar-refractivity contribution < 1.29 is 9.53 Å². The smallest absolute Gasteiger partial charge is 0.262 e. The van der Waals surface area contributed by atoms with Crippen molar-refractivity contribution >= 4 is 27.5 Å². The van der Waals surface area contributed by atoms with Gasteiger partial charge < -0.3 is 10.1 Å². The molecule has 3 aromatic rings. The number of hydrogen-bond acceptors (Lipinski definition) is 5. The van der Waals surface area contributed by atoms with E-state index in [1.54, 1.807) is 12.1 Å². The number of nitrogens with one attached hydrogen (secondary N) is 1. The van der Waals surface area contributed by atoms with E-state index in [0.29, 0.717) is 5.75 Å². The molecule has 0 atom stereocenters. The number of halogens is 1. The molecule has 0 spiro atoms. The third-order valence-corrected chi connectivity index (χ3v) is 4.13. The molecule has 122 valence electrons. The lowest BCUT2D eigenvalue weighted by Crippen LogP contribution is -2.20. The molecule has 0 saturated heterocycles. The van der Waals surface area contributed by atoms with Crippen LogP contribution in [0.25, 0.3) is 5.69 Å². The molecule has 0 radical (unpaired) electrons. The number of ether oxygens (including phenoxy) is 1. The Balaban J connectivity index is 1.60. The molecule has 0 saturated carbocycles. The molecule has 1 amide bonds. The standard InChI is InChI=1S/C16H14BrN5O2/c1-11-7-12(5-6-15(11)17)19-16(23)9-24-14-4-2-3-13(8-14)22-10-18-20-21-22/h2-8,10H,9H2,1H3,(H,19,23). The summed E-state index contributed by atoms with van der Waals surface area (Å²) in [5, 5.41) is 13.8. The molecule has 0 bridgehead atoms. The molecule has 0 unspecified atom stereocenters. The van der Waals surface area contributed by atoms with Crippen LogP contribution in [-0.4, -0.2) is 32.7 Å². The molecule has 1 aromatic heterocycles. The maximum absolute atomic E-state index is 12.0. The highest BCUT2D eigenvalue weighted by molar-refractivity contribution is 9.10. The van der Waals surface area contributed by atoms with E-state index < -0.39 is 0 Å². The van der Waals surface area contributed by atoms with Crippen molar-refractivity contribution in [3.05, 3.63) is 58.8 Å². The van der Waals surface area contributed by atoms with Gasteiger partial charge in [-0.2, -0.15) is 0 Å². The predicted octanol–water partition coefficient (Wildman–Crippen LogP) is 2.75. The quantitative estimate of drug-likeness (QED) is 0.727. The van der Waals surface area contributed by atoms with Gasteiger partial charge in [-0.3, -0.25) is 4.79 Å². The highest BCUT2D eigenvalue weighted by Gasteiger charge is 2.06. The summed E-state index contributed by atoms with van der Waals surface area (Å²) in [6.07, 6.45) is 1.49. The first-order valence-electron chi connectivity index (χ1n) is 7.14. The minimum absolute atomic E-state index is 0.0891. The molecule has 2 aromatic carbocycles. The summed E-state index contributed by atoms with van der Waals surface area (Å²) < 4.78 is 8.04. The van der Waals surface area contributed by atoms with Gasteiger partial charge in [-0.25, -0.2) is 4.68 Å². The molecule has 8 heteroatoms. The Labute approximate surface area is 146 Å². The van der Waals surface area contributed by atoms with Crippen LogP contribution >= 0.6 is 15.9 Å². The molecule has 0 aliphatic heterocycles. The van der Waals surface area contributed by atoms with Crippen LogP contribution in [0.15, 0.2) is 53.3 Å². The highest BCUT2D eigenvalue weighted by Crippen LogP contribution is 2.20. The fourth-order valence-electron chi connectivity index (χ4n) is 2.06. The van der Waals surface area contributed by atoms with Gasteiger partial charge in [0, 0.05) is 16.2 Å². The van der Waals surface area contributed by atoms with Crippen LogP contribution in [0.5, 0.6) is 5.75 Å². The zero-order chi connectivity index (χ0) is 16.9. The van der Waals surface area contributed by atoms with Crippen molar-refractivity contribution in [1.29, 1.82) is 0 Å². The Kier molecular flexibility index (Phi) is 4.85. The number of nitrogens with zero attached hydrogens (tertiary/aromatic N) is 4. The summed E-state index contributed by atoms with van der Waals surface area (Å²) in [6, 6.07) is 12.8. The van der Waals surface area contributed by atoms with Crippen LogP contribution in [0.3, 0.4) is 0 Å². The number of aromatic nitrogens is 4. The molecular weight excluding hydrogens is 374 g/mol. The lowest BCUT2D eigenvalue weighted by Gasteiger charge is -2.09. The normalized spacial score (nSPS) is 10.4. The van der Waals surface area contributed by atoms with Crippen molar-refractivity contribution in [2.45, 2.75) is 6.92 Å². The number of carbonyl (C=O) groups excluding carboxylic acids is 1. The van der Waals surface area contributed by atoms with E-state index in [1.807, 2.05) is 37.3 Å². The van der Waals surface area contributed by atoms with Gasteiger partial charge in [0.25, 0.3) is 5.91 Å². The summed E-state index contributed by atoms with van der Waals surface area (Å²) in [5.74, 6) is 0.328. The van der Waals surface area contributed by atoms with Crippen LogP contribution in [0, 0.1) is 6.92 Å². The number of tetrazole rings is 1.